The number of nitrogens with zero attached hydrogens (tertiary/aromatic N) is 1. The molecule has 1 amide bonds. The molecule has 0 aromatic heterocycles. The minimum atomic E-state index is -0.115. The molecule has 2 unspecified atom stereocenters. The number of ether oxygens (including phenoxy) is 2. The highest BCUT2D eigenvalue weighted by molar-refractivity contribution is 6.04. The van der Waals surface area contributed by atoms with Crippen molar-refractivity contribution in [1.29, 1.82) is 0 Å². The third kappa shape index (κ3) is 4.84. The van der Waals surface area contributed by atoms with E-state index in [9.17, 15) is 4.79 Å². The molecule has 5 heteroatoms. The molecule has 1 aliphatic rings. The van der Waals surface area contributed by atoms with E-state index in [0.29, 0.717) is 5.56 Å². The number of carbonyl (C=O) groups excluding carboxylic acids is 1. The standard InChI is InChI=1S/C21H26N2O3/c1-15-12-23(13-16(2)26-15)14-17-4-6-18(7-5-17)21(24)22-19-8-10-20(25-3)11-9-19/h4-11,15-16H,12-14H2,1-3H3,(H,22,24). The van der Waals surface area contributed by atoms with Crippen molar-refractivity contribution in [1.82, 2.24) is 4.90 Å². The van der Waals surface area contributed by atoms with E-state index in [2.05, 4.69) is 24.1 Å². The van der Waals surface area contributed by atoms with Gasteiger partial charge in [-0.05, 0) is 55.8 Å². The van der Waals surface area contributed by atoms with Gasteiger partial charge in [0.2, 0.25) is 0 Å². The molecule has 2 aromatic carbocycles. The largest absolute Gasteiger partial charge is 0.497 e. The second-order valence-corrected chi connectivity index (χ2v) is 6.83. The van der Waals surface area contributed by atoms with Crippen molar-refractivity contribution in [3.8, 4) is 5.75 Å². The van der Waals surface area contributed by atoms with Crippen LogP contribution in [-0.4, -0.2) is 43.2 Å². The Balaban J connectivity index is 1.58. The third-order valence-electron chi connectivity index (χ3n) is 4.47. The van der Waals surface area contributed by atoms with Crippen LogP contribution in [0.1, 0.15) is 29.8 Å². The fourth-order valence-corrected chi connectivity index (χ4v) is 3.31. The summed E-state index contributed by atoms with van der Waals surface area (Å²) >= 11 is 0. The lowest BCUT2D eigenvalue weighted by atomic mass is 10.1. The van der Waals surface area contributed by atoms with Gasteiger partial charge in [-0.3, -0.25) is 9.69 Å². The summed E-state index contributed by atoms with van der Waals surface area (Å²) in [6.07, 6.45) is 0.515. The molecule has 138 valence electrons. The summed E-state index contributed by atoms with van der Waals surface area (Å²) < 4.78 is 10.9. The highest BCUT2D eigenvalue weighted by atomic mass is 16.5. The van der Waals surface area contributed by atoms with Crippen molar-refractivity contribution in [3.63, 3.8) is 0 Å². The first-order valence-corrected chi connectivity index (χ1v) is 8.95. The summed E-state index contributed by atoms with van der Waals surface area (Å²) in [5.41, 5.74) is 2.59. The predicted molar refractivity (Wildman–Crippen MR) is 103 cm³/mol. The molecule has 0 saturated carbocycles. The normalized spacial score (nSPS) is 20.6. The molecule has 0 spiro atoms. The van der Waals surface area contributed by atoms with Crippen LogP contribution >= 0.6 is 0 Å². The highest BCUT2D eigenvalue weighted by Gasteiger charge is 2.22. The number of nitrogens with one attached hydrogen (secondary N) is 1. The summed E-state index contributed by atoms with van der Waals surface area (Å²) in [6, 6.07) is 15.1. The first-order valence-electron chi connectivity index (χ1n) is 8.95. The van der Waals surface area contributed by atoms with Crippen LogP contribution in [0.3, 0.4) is 0 Å². The van der Waals surface area contributed by atoms with Crippen LogP contribution < -0.4 is 10.1 Å². The topological polar surface area (TPSA) is 50.8 Å². The van der Waals surface area contributed by atoms with Crippen molar-refractivity contribution in [3.05, 3.63) is 59.7 Å². The van der Waals surface area contributed by atoms with Gasteiger partial charge in [0.25, 0.3) is 5.91 Å². The summed E-state index contributed by atoms with van der Waals surface area (Å²) in [6.45, 7) is 6.96. The van der Waals surface area contributed by atoms with Crippen LogP contribution in [0, 0.1) is 0 Å². The zero-order valence-corrected chi connectivity index (χ0v) is 15.6. The van der Waals surface area contributed by atoms with Gasteiger partial charge in [-0.2, -0.15) is 0 Å². The Morgan fingerprint density at radius 2 is 1.69 bits per heavy atom. The number of methoxy groups -OCH3 is 1. The Kier molecular flexibility index (Phi) is 5.91. The monoisotopic (exact) mass is 354 g/mol. The number of hydrogen-bond donors (Lipinski definition) is 1. The van der Waals surface area contributed by atoms with Crippen molar-refractivity contribution >= 4 is 11.6 Å². The molecular formula is C21H26N2O3. The summed E-state index contributed by atoms with van der Waals surface area (Å²) in [5, 5.41) is 2.90. The van der Waals surface area contributed by atoms with Crippen LogP contribution in [-0.2, 0) is 11.3 Å². The molecule has 5 nitrogen and oxygen atoms in total. The number of benzene rings is 2. The summed E-state index contributed by atoms with van der Waals surface area (Å²) in [5.74, 6) is 0.648. The Morgan fingerprint density at radius 3 is 2.27 bits per heavy atom. The van der Waals surface area contributed by atoms with Gasteiger partial charge < -0.3 is 14.8 Å². The first-order chi connectivity index (χ1) is 12.5. The van der Waals surface area contributed by atoms with E-state index in [-0.39, 0.29) is 18.1 Å². The Hall–Kier alpha value is -2.37. The van der Waals surface area contributed by atoms with E-state index in [1.165, 1.54) is 5.56 Å². The molecule has 26 heavy (non-hydrogen) atoms. The zero-order chi connectivity index (χ0) is 18.5. The van der Waals surface area contributed by atoms with Gasteiger partial charge in [0.15, 0.2) is 0 Å². The first kappa shape index (κ1) is 18.4. The second kappa shape index (κ2) is 8.34. The van der Waals surface area contributed by atoms with Crippen molar-refractivity contribution < 1.29 is 14.3 Å². The summed E-state index contributed by atoms with van der Waals surface area (Å²) in [7, 11) is 1.62. The molecule has 1 saturated heterocycles. The van der Waals surface area contributed by atoms with Crippen molar-refractivity contribution in [2.45, 2.75) is 32.6 Å². The Morgan fingerprint density at radius 1 is 1.08 bits per heavy atom. The van der Waals surface area contributed by atoms with Gasteiger partial charge in [0.05, 0.1) is 19.3 Å². The minimum Gasteiger partial charge on any atom is -0.497 e. The van der Waals surface area contributed by atoms with E-state index in [4.69, 9.17) is 9.47 Å². The van der Waals surface area contributed by atoms with Crippen LogP contribution in [0.5, 0.6) is 5.75 Å². The van der Waals surface area contributed by atoms with Crippen LogP contribution in [0.15, 0.2) is 48.5 Å². The quantitative estimate of drug-likeness (QED) is 0.892. The van der Waals surface area contributed by atoms with Gasteiger partial charge in [-0.1, -0.05) is 12.1 Å². The average molecular weight is 354 g/mol. The molecule has 0 aliphatic carbocycles. The maximum absolute atomic E-state index is 12.4. The second-order valence-electron chi connectivity index (χ2n) is 6.83. The van der Waals surface area contributed by atoms with Crippen LogP contribution in [0.25, 0.3) is 0 Å². The molecular weight excluding hydrogens is 328 g/mol. The van der Waals surface area contributed by atoms with E-state index >= 15 is 0 Å². The zero-order valence-electron chi connectivity index (χ0n) is 15.6. The number of morpholine rings is 1. The summed E-state index contributed by atoms with van der Waals surface area (Å²) in [4.78, 5) is 14.8. The highest BCUT2D eigenvalue weighted by Crippen LogP contribution is 2.17. The maximum atomic E-state index is 12.4. The number of amides is 1. The fourth-order valence-electron chi connectivity index (χ4n) is 3.31. The Bertz CT molecular complexity index is 718. The number of carbonyl (C=O) groups is 1. The van der Waals surface area contributed by atoms with Gasteiger partial charge in [-0.15, -0.1) is 0 Å². The van der Waals surface area contributed by atoms with E-state index in [1.54, 1.807) is 7.11 Å². The molecule has 0 radical (unpaired) electrons. The lowest BCUT2D eigenvalue weighted by molar-refractivity contribution is -0.0704. The molecule has 1 heterocycles. The number of anilines is 1. The van der Waals surface area contributed by atoms with Gasteiger partial charge >= 0.3 is 0 Å². The molecule has 2 aromatic rings. The molecule has 1 N–H and O–H groups in total. The third-order valence-corrected chi connectivity index (χ3v) is 4.47. The lowest BCUT2D eigenvalue weighted by Crippen LogP contribution is -2.44. The number of rotatable bonds is 5. The molecule has 1 fully saturated rings. The fraction of sp³-hybridized carbons (Fsp3) is 0.381. The van der Waals surface area contributed by atoms with E-state index < -0.39 is 0 Å². The minimum absolute atomic E-state index is 0.115. The van der Waals surface area contributed by atoms with Gasteiger partial charge in [-0.25, -0.2) is 0 Å². The molecule has 1 aliphatic heterocycles. The molecule has 2 atom stereocenters. The predicted octanol–water partition coefficient (Wildman–Crippen LogP) is 3.56. The van der Waals surface area contributed by atoms with Crippen molar-refractivity contribution in [2.24, 2.45) is 0 Å². The van der Waals surface area contributed by atoms with E-state index in [0.717, 1.165) is 31.1 Å². The van der Waals surface area contributed by atoms with E-state index in [1.807, 2.05) is 48.5 Å². The van der Waals surface area contributed by atoms with Crippen LogP contribution in [0.2, 0.25) is 0 Å². The maximum Gasteiger partial charge on any atom is 0.255 e. The van der Waals surface area contributed by atoms with Crippen LogP contribution in [0.4, 0.5) is 5.69 Å². The molecule has 3 rings (SSSR count). The SMILES string of the molecule is COc1ccc(NC(=O)c2ccc(CN3CC(C)OC(C)C3)cc2)cc1. The lowest BCUT2D eigenvalue weighted by Gasteiger charge is -2.35. The van der Waals surface area contributed by atoms with Crippen molar-refractivity contribution in [2.75, 3.05) is 25.5 Å². The van der Waals surface area contributed by atoms with Gasteiger partial charge in [0.1, 0.15) is 5.75 Å². The average Bonchev–Trinajstić information content (AvgIpc) is 2.62. The Labute approximate surface area is 154 Å². The smallest absolute Gasteiger partial charge is 0.255 e. The molecule has 0 bridgehead atoms. The van der Waals surface area contributed by atoms with Gasteiger partial charge in [0, 0.05) is 30.9 Å². The number of hydrogen-bond acceptors (Lipinski definition) is 4.